The number of aromatic nitrogens is 2. The number of benzene rings is 1. The minimum Gasteiger partial charge on any atom is -0.469 e. The Morgan fingerprint density at radius 1 is 1.43 bits per heavy atom. The Morgan fingerprint density at radius 3 is 2.69 bits per heavy atom. The molecule has 1 aromatic carbocycles. The first-order chi connectivity index (χ1) is 17.1. The van der Waals surface area contributed by atoms with Crippen molar-refractivity contribution < 1.29 is 40.8 Å². The van der Waals surface area contributed by atoms with Crippen LogP contribution in [0, 0.1) is 10.7 Å². The molecular formula is C21H26ClN2O9PS. The number of aliphatic hydroxyl groups is 2. The largest absolute Gasteiger partial charge is 0.469 e. The molecule has 2 unspecified atom stereocenters. The number of halogens is 1. The number of carbonyl (C=O) groups is 1. The van der Waals surface area contributed by atoms with Crippen LogP contribution in [0.5, 0.6) is 5.75 Å². The summed E-state index contributed by atoms with van der Waals surface area (Å²) in [6.45, 7) is -0.461. The molecule has 0 saturated carbocycles. The Kier molecular flexibility index (Phi) is 7.68. The third kappa shape index (κ3) is 6.39. The smallest absolute Gasteiger partial charge is 0.380 e. The fraction of sp³-hybridized carbons (Fsp3) is 0.476. The Bertz CT molecular complexity index is 1300. The fourth-order valence-corrected chi connectivity index (χ4v) is 5.44. The first-order valence-electron chi connectivity index (χ1n) is 11.3. The lowest BCUT2D eigenvalue weighted by atomic mass is 9.96. The van der Waals surface area contributed by atoms with Crippen molar-refractivity contribution in [3.8, 4) is 5.75 Å². The number of nitrogens with one attached hydrogen (secondary N) is 1. The molecule has 192 valence electrons. The van der Waals surface area contributed by atoms with Crippen LogP contribution in [0.1, 0.15) is 22.8 Å². The van der Waals surface area contributed by atoms with Crippen molar-refractivity contribution in [2.24, 2.45) is 5.92 Å². The van der Waals surface area contributed by atoms with E-state index in [1.807, 2.05) is 0 Å². The second-order valence-corrected chi connectivity index (χ2v) is 10.8. The highest BCUT2D eigenvalue weighted by molar-refractivity contribution is 7.71. The molecule has 1 fully saturated rings. The zero-order chi connectivity index (χ0) is 27.8. The minimum atomic E-state index is -4.50. The first kappa shape index (κ1) is 24.6. The van der Waals surface area contributed by atoms with Gasteiger partial charge in [-0.3, -0.25) is 23.7 Å². The molecule has 0 amide bonds. The van der Waals surface area contributed by atoms with E-state index >= 15 is 0 Å². The molecule has 1 aliphatic rings. The van der Waals surface area contributed by atoms with E-state index in [9.17, 15) is 24.4 Å². The maximum absolute atomic E-state index is 13.8. The van der Waals surface area contributed by atoms with Crippen molar-refractivity contribution in [1.29, 1.82) is 0 Å². The second kappa shape index (κ2) is 10.9. The van der Waals surface area contributed by atoms with Crippen LogP contribution in [0.4, 0.5) is 0 Å². The average Bonchev–Trinajstić information content (AvgIpc) is 3.04. The summed E-state index contributed by atoms with van der Waals surface area (Å²) in [6.07, 6.45) is -4.66. The number of hydrogen-bond acceptors (Lipinski definition) is 10. The van der Waals surface area contributed by atoms with Crippen LogP contribution in [0.25, 0.3) is 0 Å². The van der Waals surface area contributed by atoms with E-state index in [1.54, 1.807) is 0 Å². The number of H-pyrrole nitrogens is 1. The SMILES string of the molecule is [2H]C([2H])(OP(=O)(C[C@@H](C)C(=O)OC)Oc1ccc(Cl)cc1)[C@H]1O[C@@H](n2ccc(=O)[nH]c2=S)C(C)(O)[C@H]1O. The van der Waals surface area contributed by atoms with Crippen LogP contribution < -0.4 is 10.1 Å². The molecule has 0 aliphatic carbocycles. The summed E-state index contributed by atoms with van der Waals surface area (Å²) in [5, 5.41) is 22.2. The highest BCUT2D eigenvalue weighted by Gasteiger charge is 2.53. The maximum Gasteiger partial charge on any atom is 0.380 e. The van der Waals surface area contributed by atoms with Crippen molar-refractivity contribution >= 4 is 37.4 Å². The van der Waals surface area contributed by atoms with Crippen LogP contribution in [0.15, 0.2) is 41.3 Å². The molecule has 3 N–H and O–H groups in total. The van der Waals surface area contributed by atoms with Crippen LogP contribution in [-0.4, -0.2) is 63.4 Å². The molecule has 2 aromatic rings. The number of ether oxygens (including phenoxy) is 2. The van der Waals surface area contributed by atoms with Crippen molar-refractivity contribution in [1.82, 2.24) is 9.55 Å². The Hall–Kier alpha value is -2.05. The van der Waals surface area contributed by atoms with Crippen LogP contribution in [-0.2, 0) is 23.4 Å². The molecule has 3 rings (SSSR count). The van der Waals surface area contributed by atoms with E-state index in [2.05, 4.69) is 9.72 Å². The monoisotopic (exact) mass is 550 g/mol. The lowest BCUT2D eigenvalue weighted by Gasteiger charge is -2.28. The lowest BCUT2D eigenvalue weighted by molar-refractivity contribution is -0.144. The molecule has 35 heavy (non-hydrogen) atoms. The average molecular weight is 551 g/mol. The standard InChI is InChI=1S/C21H26ClN2O9PS/c1-12(18(27)30-3)11-34(29,33-14-6-4-13(22)5-7-14)31-10-15-17(26)21(2,28)19(32-15)24-9-8-16(25)23-20(24)35/h4-9,12,15,17,19,26,28H,10-11H2,1-3H3,(H,23,25,35)/t12-,15-,17+,19-,21?,34?/m1/s1/i10D2. The molecule has 11 nitrogen and oxygen atoms in total. The number of nitrogens with zero attached hydrogens (tertiary/aromatic N) is 1. The van der Waals surface area contributed by atoms with Gasteiger partial charge in [-0.25, -0.2) is 4.57 Å². The summed E-state index contributed by atoms with van der Waals surface area (Å²) in [7, 11) is -3.36. The predicted molar refractivity (Wildman–Crippen MR) is 128 cm³/mol. The van der Waals surface area contributed by atoms with Crippen LogP contribution in [0.2, 0.25) is 5.02 Å². The molecule has 1 aliphatic heterocycles. The van der Waals surface area contributed by atoms with Crippen molar-refractivity contribution in [2.75, 3.05) is 19.8 Å². The topological polar surface area (TPSA) is 149 Å². The van der Waals surface area contributed by atoms with Gasteiger partial charge in [0.05, 0.1) is 28.5 Å². The van der Waals surface area contributed by atoms with E-state index in [-0.39, 0.29) is 10.5 Å². The van der Waals surface area contributed by atoms with Gasteiger partial charge in [0, 0.05) is 17.3 Å². The Balaban J connectivity index is 1.94. The van der Waals surface area contributed by atoms with Gasteiger partial charge in [-0.05, 0) is 43.4 Å². The third-order valence-electron chi connectivity index (χ3n) is 5.23. The Labute approximate surface area is 213 Å². The van der Waals surface area contributed by atoms with Gasteiger partial charge in [-0.1, -0.05) is 18.5 Å². The highest BCUT2D eigenvalue weighted by atomic mass is 35.5. The predicted octanol–water partition coefficient (Wildman–Crippen LogP) is 2.67. The zero-order valence-electron chi connectivity index (χ0n) is 20.9. The van der Waals surface area contributed by atoms with Crippen molar-refractivity contribution in [3.63, 3.8) is 0 Å². The second-order valence-electron chi connectivity index (χ2n) is 8.07. The number of hydrogen-bond donors (Lipinski definition) is 3. The van der Waals surface area contributed by atoms with Crippen LogP contribution >= 0.6 is 31.4 Å². The number of carbonyl (C=O) groups excluding carboxylic acids is 1. The highest BCUT2D eigenvalue weighted by Crippen LogP contribution is 2.51. The molecule has 14 heteroatoms. The van der Waals surface area contributed by atoms with E-state index in [1.165, 1.54) is 44.3 Å². The first-order valence-corrected chi connectivity index (χ1v) is 12.8. The molecule has 6 atom stereocenters. The fourth-order valence-electron chi connectivity index (χ4n) is 3.35. The van der Waals surface area contributed by atoms with E-state index in [4.69, 9.17) is 40.3 Å². The summed E-state index contributed by atoms with van der Waals surface area (Å²) in [6, 6.07) is 6.73. The van der Waals surface area contributed by atoms with Gasteiger partial charge in [-0.2, -0.15) is 0 Å². The van der Waals surface area contributed by atoms with Gasteiger partial charge in [0.25, 0.3) is 5.56 Å². The minimum absolute atomic E-state index is 0.0119. The van der Waals surface area contributed by atoms with Gasteiger partial charge in [0.2, 0.25) is 0 Å². The summed E-state index contributed by atoms with van der Waals surface area (Å²) in [4.78, 5) is 25.9. The van der Waals surface area contributed by atoms with Crippen molar-refractivity contribution in [3.05, 3.63) is 56.7 Å². The summed E-state index contributed by atoms with van der Waals surface area (Å²) >= 11 is 11.0. The summed E-state index contributed by atoms with van der Waals surface area (Å²) < 4.78 is 52.9. The number of rotatable bonds is 9. The number of esters is 1. The zero-order valence-corrected chi connectivity index (χ0v) is 21.4. The van der Waals surface area contributed by atoms with Gasteiger partial charge in [0.1, 0.15) is 23.6 Å². The summed E-state index contributed by atoms with van der Waals surface area (Å²) in [5.41, 5.74) is -2.65. The Morgan fingerprint density at radius 2 is 2.09 bits per heavy atom. The molecule has 2 heterocycles. The van der Waals surface area contributed by atoms with E-state index < -0.39 is 61.8 Å². The van der Waals surface area contributed by atoms with Crippen molar-refractivity contribution in [2.45, 2.75) is 37.9 Å². The van der Waals surface area contributed by atoms with Gasteiger partial charge in [-0.15, -0.1) is 0 Å². The van der Waals surface area contributed by atoms with E-state index in [0.717, 1.165) is 17.7 Å². The molecule has 0 radical (unpaired) electrons. The quantitative estimate of drug-likeness (QED) is 0.241. The molecule has 1 aromatic heterocycles. The molecular weight excluding hydrogens is 523 g/mol. The molecule has 1 saturated heterocycles. The van der Waals surface area contributed by atoms with Gasteiger partial charge >= 0.3 is 13.6 Å². The number of aliphatic hydroxyl groups excluding tert-OH is 1. The number of methoxy groups -OCH3 is 1. The maximum atomic E-state index is 13.8. The third-order valence-corrected chi connectivity index (χ3v) is 7.66. The van der Waals surface area contributed by atoms with Crippen LogP contribution in [0.3, 0.4) is 0 Å². The summed E-state index contributed by atoms with van der Waals surface area (Å²) in [5.74, 6) is -1.75. The normalized spacial score (nSPS) is 27.9. The van der Waals surface area contributed by atoms with E-state index in [0.29, 0.717) is 5.02 Å². The molecule has 0 bridgehead atoms. The molecule has 0 spiro atoms. The van der Waals surface area contributed by atoms with Gasteiger partial charge < -0.3 is 24.2 Å². The lowest BCUT2D eigenvalue weighted by Crippen LogP contribution is -2.44. The number of aromatic amines is 1. The van der Waals surface area contributed by atoms with Gasteiger partial charge in [0.15, 0.2) is 11.0 Å².